The number of fused-ring (bicyclic) bond motifs is 1. The van der Waals surface area contributed by atoms with Crippen LogP contribution in [-0.2, 0) is 16.1 Å². The van der Waals surface area contributed by atoms with Crippen molar-refractivity contribution < 1.29 is 24.9 Å². The Balaban J connectivity index is 1.79. The van der Waals surface area contributed by atoms with Gasteiger partial charge in [-0.05, 0) is 18.6 Å². The van der Waals surface area contributed by atoms with E-state index >= 15 is 0 Å². The maximum absolute atomic E-state index is 12.0. The molecule has 1 aromatic rings. The minimum Gasteiger partial charge on any atom is -0.508 e. The highest BCUT2D eigenvalue weighted by Gasteiger charge is 2.70. The molecule has 3 rings (SSSR count). The summed E-state index contributed by atoms with van der Waals surface area (Å²) in [6, 6.07) is 4.14. The molecule has 2 atom stereocenters. The Labute approximate surface area is 108 Å². The van der Waals surface area contributed by atoms with Gasteiger partial charge in [-0.15, -0.1) is 0 Å². The van der Waals surface area contributed by atoms with Crippen molar-refractivity contribution in [1.82, 2.24) is 4.90 Å². The van der Waals surface area contributed by atoms with Crippen molar-refractivity contribution in [3.05, 3.63) is 23.8 Å². The van der Waals surface area contributed by atoms with Crippen LogP contribution in [0.25, 0.3) is 0 Å². The zero-order valence-electron chi connectivity index (χ0n) is 10.0. The molecule has 1 aliphatic heterocycles. The maximum Gasteiger partial charge on any atom is 0.312 e. The van der Waals surface area contributed by atoms with Gasteiger partial charge in [0.15, 0.2) is 0 Å². The summed E-state index contributed by atoms with van der Waals surface area (Å²) >= 11 is 0. The number of nitrogens with zero attached hydrogens (tertiary/aromatic N) is 1. The third-order valence-corrected chi connectivity index (χ3v) is 4.01. The summed E-state index contributed by atoms with van der Waals surface area (Å²) in [5, 5.41) is 28.0. The van der Waals surface area contributed by atoms with E-state index in [9.17, 15) is 19.8 Å². The summed E-state index contributed by atoms with van der Waals surface area (Å²) in [5.74, 6) is -1.67. The fourth-order valence-corrected chi connectivity index (χ4v) is 2.77. The number of rotatable bonds is 3. The van der Waals surface area contributed by atoms with Crippen LogP contribution in [0.2, 0.25) is 0 Å². The van der Waals surface area contributed by atoms with Crippen molar-refractivity contribution in [1.29, 1.82) is 0 Å². The van der Waals surface area contributed by atoms with Crippen LogP contribution in [0.1, 0.15) is 12.0 Å². The second-order valence-corrected chi connectivity index (χ2v) is 5.23. The zero-order valence-corrected chi connectivity index (χ0v) is 10.0. The summed E-state index contributed by atoms with van der Waals surface area (Å²) < 4.78 is 0. The first-order chi connectivity index (χ1) is 8.94. The molecule has 2 fully saturated rings. The van der Waals surface area contributed by atoms with Crippen LogP contribution >= 0.6 is 0 Å². The van der Waals surface area contributed by atoms with Crippen molar-refractivity contribution in [3.8, 4) is 11.5 Å². The lowest BCUT2D eigenvalue weighted by molar-refractivity contribution is -0.143. The van der Waals surface area contributed by atoms with E-state index in [-0.39, 0.29) is 30.5 Å². The van der Waals surface area contributed by atoms with Crippen LogP contribution < -0.4 is 0 Å². The van der Waals surface area contributed by atoms with Gasteiger partial charge < -0.3 is 20.2 Å². The summed E-state index contributed by atoms with van der Waals surface area (Å²) in [5.41, 5.74) is -0.420. The molecule has 1 saturated carbocycles. The van der Waals surface area contributed by atoms with Gasteiger partial charge in [0.1, 0.15) is 11.5 Å². The second-order valence-electron chi connectivity index (χ2n) is 5.23. The van der Waals surface area contributed by atoms with E-state index in [0.717, 1.165) is 0 Å². The number of benzene rings is 1. The largest absolute Gasteiger partial charge is 0.508 e. The quantitative estimate of drug-likeness (QED) is 0.739. The van der Waals surface area contributed by atoms with E-state index in [1.807, 2.05) is 0 Å². The van der Waals surface area contributed by atoms with Gasteiger partial charge in [-0.3, -0.25) is 9.59 Å². The number of aliphatic carboxylic acids is 1. The number of likely N-dealkylation sites (tertiary alicyclic amines) is 1. The van der Waals surface area contributed by atoms with Gasteiger partial charge in [0.2, 0.25) is 5.91 Å². The minimum atomic E-state index is -0.928. The molecule has 3 N–H and O–H groups in total. The van der Waals surface area contributed by atoms with E-state index in [1.165, 1.54) is 23.1 Å². The van der Waals surface area contributed by atoms with E-state index in [0.29, 0.717) is 12.0 Å². The molecule has 1 saturated heterocycles. The molecule has 1 amide bonds. The number of carboxylic acid groups (broad SMARTS) is 1. The summed E-state index contributed by atoms with van der Waals surface area (Å²) in [4.78, 5) is 24.6. The van der Waals surface area contributed by atoms with E-state index in [4.69, 9.17) is 5.11 Å². The Morgan fingerprint density at radius 1 is 1.42 bits per heavy atom. The molecule has 2 aliphatic rings. The Bertz CT molecular complexity index is 584. The molecular weight excluding hydrogens is 250 g/mol. The van der Waals surface area contributed by atoms with Gasteiger partial charge in [-0.2, -0.15) is 0 Å². The SMILES string of the molecule is O=C1C2CC2(C(=O)O)CN1Cc1ccc(O)cc1O. The van der Waals surface area contributed by atoms with Gasteiger partial charge >= 0.3 is 5.97 Å². The first-order valence-corrected chi connectivity index (χ1v) is 5.97. The van der Waals surface area contributed by atoms with Crippen LogP contribution in [-0.4, -0.2) is 38.6 Å². The van der Waals surface area contributed by atoms with Crippen LogP contribution in [0.4, 0.5) is 0 Å². The highest BCUT2D eigenvalue weighted by molar-refractivity contribution is 5.96. The third-order valence-electron chi connectivity index (χ3n) is 4.01. The average molecular weight is 263 g/mol. The normalized spacial score (nSPS) is 28.3. The Morgan fingerprint density at radius 3 is 2.74 bits per heavy atom. The lowest BCUT2D eigenvalue weighted by Gasteiger charge is -2.20. The molecule has 19 heavy (non-hydrogen) atoms. The molecule has 0 radical (unpaired) electrons. The molecule has 0 spiro atoms. The summed E-state index contributed by atoms with van der Waals surface area (Å²) in [6.07, 6.45) is 0.416. The van der Waals surface area contributed by atoms with Crippen LogP contribution in [0.3, 0.4) is 0 Å². The Morgan fingerprint density at radius 2 is 2.16 bits per heavy atom. The van der Waals surface area contributed by atoms with E-state index < -0.39 is 17.3 Å². The van der Waals surface area contributed by atoms with Crippen molar-refractivity contribution >= 4 is 11.9 Å². The predicted octanol–water partition coefficient (Wildman–Crippen LogP) is 0.531. The van der Waals surface area contributed by atoms with Gasteiger partial charge in [-0.25, -0.2) is 0 Å². The molecule has 1 aromatic carbocycles. The molecule has 100 valence electrons. The molecular formula is C13H13NO5. The Hall–Kier alpha value is -2.24. The van der Waals surface area contributed by atoms with Crippen molar-refractivity contribution in [2.45, 2.75) is 13.0 Å². The molecule has 6 heteroatoms. The van der Waals surface area contributed by atoms with Gasteiger partial charge in [0, 0.05) is 24.7 Å². The molecule has 2 unspecified atom stereocenters. The topological polar surface area (TPSA) is 98.1 Å². The van der Waals surface area contributed by atoms with E-state index in [2.05, 4.69) is 0 Å². The fraction of sp³-hybridized carbons (Fsp3) is 0.385. The second kappa shape index (κ2) is 3.63. The summed E-state index contributed by atoms with van der Waals surface area (Å²) in [6.45, 7) is 0.350. The number of hydrogen-bond donors (Lipinski definition) is 3. The van der Waals surface area contributed by atoms with Gasteiger partial charge in [-0.1, -0.05) is 0 Å². The first-order valence-electron chi connectivity index (χ1n) is 5.97. The number of carbonyl (C=O) groups excluding carboxylic acids is 1. The van der Waals surface area contributed by atoms with Gasteiger partial charge in [0.05, 0.1) is 11.3 Å². The third kappa shape index (κ3) is 1.63. The average Bonchev–Trinajstić information content (AvgIpc) is 3.00. The Kier molecular flexibility index (Phi) is 2.26. The van der Waals surface area contributed by atoms with Crippen LogP contribution in [0.5, 0.6) is 11.5 Å². The number of phenols is 2. The lowest BCUT2D eigenvalue weighted by Crippen LogP contribution is -2.31. The number of phenolic OH excluding ortho intramolecular Hbond substituents is 2. The smallest absolute Gasteiger partial charge is 0.312 e. The van der Waals surface area contributed by atoms with Gasteiger partial charge in [0.25, 0.3) is 0 Å². The van der Waals surface area contributed by atoms with E-state index in [1.54, 1.807) is 0 Å². The molecule has 0 aromatic heterocycles. The monoisotopic (exact) mass is 263 g/mol. The number of aromatic hydroxyl groups is 2. The van der Waals surface area contributed by atoms with Crippen molar-refractivity contribution in [2.75, 3.05) is 6.54 Å². The molecule has 0 bridgehead atoms. The number of hydrogen-bond acceptors (Lipinski definition) is 4. The molecule has 6 nitrogen and oxygen atoms in total. The van der Waals surface area contributed by atoms with Crippen LogP contribution in [0.15, 0.2) is 18.2 Å². The van der Waals surface area contributed by atoms with Crippen molar-refractivity contribution in [3.63, 3.8) is 0 Å². The summed E-state index contributed by atoms with van der Waals surface area (Å²) in [7, 11) is 0. The highest BCUT2D eigenvalue weighted by atomic mass is 16.4. The molecule has 1 aliphatic carbocycles. The minimum absolute atomic E-state index is 0.0566. The maximum atomic E-state index is 12.0. The number of carbonyl (C=O) groups is 2. The fourth-order valence-electron chi connectivity index (χ4n) is 2.77. The molecule has 1 heterocycles. The van der Waals surface area contributed by atoms with Crippen molar-refractivity contribution in [2.24, 2.45) is 11.3 Å². The number of carboxylic acids is 1. The predicted molar refractivity (Wildman–Crippen MR) is 63.4 cm³/mol. The lowest BCUT2D eigenvalue weighted by atomic mass is 10.1. The highest BCUT2D eigenvalue weighted by Crippen LogP contribution is 2.58. The number of piperidine rings is 1. The standard InChI is InChI=1S/C13H13NO5/c15-8-2-1-7(10(16)3-8)5-14-6-13(12(18)19)4-9(13)11(14)17/h1-3,9,15-16H,4-6H2,(H,18,19). The number of amides is 1. The van der Waals surface area contributed by atoms with Crippen LogP contribution in [0, 0.1) is 11.3 Å². The zero-order chi connectivity index (χ0) is 13.8. The first kappa shape index (κ1) is 11.8.